The minimum atomic E-state index is -0.172. The summed E-state index contributed by atoms with van der Waals surface area (Å²) in [5.41, 5.74) is 1.26. The summed E-state index contributed by atoms with van der Waals surface area (Å²) in [5, 5.41) is 0. The standard InChI is InChI=1S/C15H19NO2/c17-12-14-9-5-11-16(14)15(18)10-4-8-13-6-2-1-3-7-13/h1-3,6-7,12,14H,4-5,8-11H2/t14-/m0/s1. The van der Waals surface area contributed by atoms with Crippen molar-refractivity contribution in [3.63, 3.8) is 0 Å². The van der Waals surface area contributed by atoms with Crippen molar-refractivity contribution in [1.29, 1.82) is 0 Å². The highest BCUT2D eigenvalue weighted by Crippen LogP contribution is 2.17. The SMILES string of the molecule is O=C[C@@H]1CCCN1C(=O)CCCc1ccccc1. The third-order valence-electron chi connectivity index (χ3n) is 3.48. The molecule has 0 bridgehead atoms. The van der Waals surface area contributed by atoms with Gasteiger partial charge in [0.25, 0.3) is 0 Å². The summed E-state index contributed by atoms with van der Waals surface area (Å²) in [5.74, 6) is 0.125. The van der Waals surface area contributed by atoms with Crippen LogP contribution in [-0.2, 0) is 16.0 Å². The van der Waals surface area contributed by atoms with E-state index >= 15 is 0 Å². The summed E-state index contributed by atoms with van der Waals surface area (Å²) in [6, 6.07) is 10.0. The molecule has 0 aromatic heterocycles. The van der Waals surface area contributed by atoms with E-state index < -0.39 is 0 Å². The van der Waals surface area contributed by atoms with Crippen LogP contribution in [0.3, 0.4) is 0 Å². The first-order chi connectivity index (χ1) is 8.81. The maximum Gasteiger partial charge on any atom is 0.223 e. The topological polar surface area (TPSA) is 37.4 Å². The fourth-order valence-electron chi connectivity index (χ4n) is 2.48. The molecule has 1 aromatic carbocycles. The van der Waals surface area contributed by atoms with Gasteiger partial charge < -0.3 is 9.69 Å². The smallest absolute Gasteiger partial charge is 0.223 e. The Morgan fingerprint density at radius 2 is 2.11 bits per heavy atom. The van der Waals surface area contributed by atoms with Crippen LogP contribution in [0.5, 0.6) is 0 Å². The van der Waals surface area contributed by atoms with Crippen LogP contribution in [0.25, 0.3) is 0 Å². The first kappa shape index (κ1) is 12.8. The molecule has 0 aliphatic carbocycles. The van der Waals surface area contributed by atoms with Crippen molar-refractivity contribution in [1.82, 2.24) is 4.90 Å². The van der Waals surface area contributed by atoms with E-state index in [1.807, 2.05) is 18.2 Å². The first-order valence-electron chi connectivity index (χ1n) is 6.60. The maximum atomic E-state index is 12.0. The predicted molar refractivity (Wildman–Crippen MR) is 70.2 cm³/mol. The molecular weight excluding hydrogens is 226 g/mol. The number of aldehydes is 1. The van der Waals surface area contributed by atoms with E-state index in [0.717, 1.165) is 38.5 Å². The number of carbonyl (C=O) groups is 2. The molecule has 1 heterocycles. The molecule has 0 radical (unpaired) electrons. The van der Waals surface area contributed by atoms with Crippen molar-refractivity contribution in [2.24, 2.45) is 0 Å². The second kappa shape index (κ2) is 6.34. The normalized spacial score (nSPS) is 18.9. The van der Waals surface area contributed by atoms with E-state index in [9.17, 15) is 9.59 Å². The van der Waals surface area contributed by atoms with Crippen LogP contribution in [0, 0.1) is 0 Å². The van der Waals surface area contributed by atoms with Crippen LogP contribution < -0.4 is 0 Å². The van der Waals surface area contributed by atoms with E-state index in [4.69, 9.17) is 0 Å². The fourth-order valence-corrected chi connectivity index (χ4v) is 2.48. The Hall–Kier alpha value is -1.64. The number of benzene rings is 1. The Labute approximate surface area is 108 Å². The highest BCUT2D eigenvalue weighted by Gasteiger charge is 2.27. The van der Waals surface area contributed by atoms with Gasteiger partial charge in [0.2, 0.25) is 5.91 Å². The minimum absolute atomic E-state index is 0.125. The molecule has 0 spiro atoms. The first-order valence-corrected chi connectivity index (χ1v) is 6.60. The number of hydrogen-bond acceptors (Lipinski definition) is 2. The highest BCUT2D eigenvalue weighted by atomic mass is 16.2. The third kappa shape index (κ3) is 3.19. The molecule has 1 fully saturated rings. The molecule has 1 aliphatic rings. The predicted octanol–water partition coefficient (Wildman–Crippen LogP) is 2.20. The van der Waals surface area contributed by atoms with Crippen LogP contribution in [-0.4, -0.2) is 29.7 Å². The molecule has 3 heteroatoms. The second-order valence-electron chi connectivity index (χ2n) is 4.77. The average Bonchev–Trinajstić information content (AvgIpc) is 2.88. The monoisotopic (exact) mass is 245 g/mol. The van der Waals surface area contributed by atoms with E-state index in [1.54, 1.807) is 4.90 Å². The number of likely N-dealkylation sites (tertiary alicyclic amines) is 1. The lowest BCUT2D eigenvalue weighted by molar-refractivity contribution is -0.134. The van der Waals surface area contributed by atoms with Crippen LogP contribution in [0.1, 0.15) is 31.2 Å². The van der Waals surface area contributed by atoms with Gasteiger partial charge in [-0.1, -0.05) is 30.3 Å². The van der Waals surface area contributed by atoms with Gasteiger partial charge in [-0.2, -0.15) is 0 Å². The number of aryl methyl sites for hydroxylation is 1. The quantitative estimate of drug-likeness (QED) is 0.746. The average molecular weight is 245 g/mol. The molecule has 96 valence electrons. The summed E-state index contributed by atoms with van der Waals surface area (Å²) in [6.07, 6.45) is 5.00. The van der Waals surface area contributed by atoms with Crippen molar-refractivity contribution < 1.29 is 9.59 Å². The van der Waals surface area contributed by atoms with E-state index in [2.05, 4.69) is 12.1 Å². The summed E-state index contributed by atoms with van der Waals surface area (Å²) in [4.78, 5) is 24.5. The number of rotatable bonds is 5. The number of nitrogens with zero attached hydrogens (tertiary/aromatic N) is 1. The molecule has 1 atom stereocenters. The Kier molecular flexibility index (Phi) is 4.51. The zero-order valence-electron chi connectivity index (χ0n) is 10.5. The van der Waals surface area contributed by atoms with Gasteiger partial charge in [-0.15, -0.1) is 0 Å². The zero-order chi connectivity index (χ0) is 12.8. The van der Waals surface area contributed by atoms with Crippen molar-refractivity contribution >= 4 is 12.2 Å². The lowest BCUT2D eigenvalue weighted by Gasteiger charge is -2.20. The summed E-state index contributed by atoms with van der Waals surface area (Å²) in [7, 11) is 0. The number of hydrogen-bond donors (Lipinski definition) is 0. The van der Waals surface area contributed by atoms with Gasteiger partial charge in [-0.25, -0.2) is 0 Å². The molecule has 3 nitrogen and oxygen atoms in total. The Balaban J connectivity index is 1.76. The van der Waals surface area contributed by atoms with E-state index in [-0.39, 0.29) is 11.9 Å². The summed E-state index contributed by atoms with van der Waals surface area (Å²) < 4.78 is 0. The third-order valence-corrected chi connectivity index (χ3v) is 3.48. The van der Waals surface area contributed by atoms with Gasteiger partial charge in [-0.3, -0.25) is 4.79 Å². The second-order valence-corrected chi connectivity index (χ2v) is 4.77. The molecule has 0 unspecified atom stereocenters. The van der Waals surface area contributed by atoms with Crippen LogP contribution >= 0.6 is 0 Å². The molecule has 2 rings (SSSR count). The summed E-state index contributed by atoms with van der Waals surface area (Å²) >= 11 is 0. The molecule has 1 saturated heterocycles. The van der Waals surface area contributed by atoms with Gasteiger partial charge in [-0.05, 0) is 31.2 Å². The molecule has 0 N–H and O–H groups in total. The van der Waals surface area contributed by atoms with Gasteiger partial charge in [0.15, 0.2) is 0 Å². The van der Waals surface area contributed by atoms with Crippen molar-refractivity contribution in [2.75, 3.05) is 6.54 Å². The van der Waals surface area contributed by atoms with Crippen LogP contribution in [0.15, 0.2) is 30.3 Å². The fraction of sp³-hybridized carbons (Fsp3) is 0.467. The Morgan fingerprint density at radius 3 is 2.83 bits per heavy atom. The molecule has 0 saturated carbocycles. The molecule has 1 aromatic rings. The minimum Gasteiger partial charge on any atom is -0.333 e. The van der Waals surface area contributed by atoms with Gasteiger partial charge in [0.1, 0.15) is 6.29 Å². The van der Waals surface area contributed by atoms with Crippen molar-refractivity contribution in [2.45, 2.75) is 38.1 Å². The molecule has 1 amide bonds. The Bertz CT molecular complexity index is 402. The maximum absolute atomic E-state index is 12.0. The van der Waals surface area contributed by atoms with Crippen molar-refractivity contribution in [3.8, 4) is 0 Å². The lowest BCUT2D eigenvalue weighted by atomic mass is 10.1. The largest absolute Gasteiger partial charge is 0.333 e. The van der Waals surface area contributed by atoms with E-state index in [1.165, 1.54) is 5.56 Å². The van der Waals surface area contributed by atoms with E-state index in [0.29, 0.717) is 6.42 Å². The van der Waals surface area contributed by atoms with Crippen molar-refractivity contribution in [3.05, 3.63) is 35.9 Å². The number of carbonyl (C=O) groups excluding carboxylic acids is 2. The molecular formula is C15H19NO2. The summed E-state index contributed by atoms with van der Waals surface area (Å²) in [6.45, 7) is 0.744. The number of amides is 1. The lowest BCUT2D eigenvalue weighted by Crippen LogP contribution is -2.36. The molecule has 18 heavy (non-hydrogen) atoms. The van der Waals surface area contributed by atoms with Gasteiger partial charge in [0.05, 0.1) is 6.04 Å². The zero-order valence-corrected chi connectivity index (χ0v) is 10.5. The molecule has 1 aliphatic heterocycles. The van der Waals surface area contributed by atoms with Gasteiger partial charge in [0, 0.05) is 13.0 Å². The highest BCUT2D eigenvalue weighted by molar-refractivity contribution is 5.80. The Morgan fingerprint density at radius 1 is 1.33 bits per heavy atom. The van der Waals surface area contributed by atoms with Crippen LogP contribution in [0.2, 0.25) is 0 Å². The van der Waals surface area contributed by atoms with Gasteiger partial charge >= 0.3 is 0 Å². The van der Waals surface area contributed by atoms with Crippen LogP contribution in [0.4, 0.5) is 0 Å².